The summed E-state index contributed by atoms with van der Waals surface area (Å²) in [6.45, 7) is 3.84. The molecule has 330 valence electrons. The van der Waals surface area contributed by atoms with Crippen molar-refractivity contribution in [1.29, 1.82) is 0 Å². The van der Waals surface area contributed by atoms with Crippen LogP contribution < -0.4 is 0 Å². The summed E-state index contributed by atoms with van der Waals surface area (Å²) in [4.78, 5) is 36.8. The van der Waals surface area contributed by atoms with Gasteiger partial charge in [-0.25, -0.2) is 4.79 Å². The third-order valence-electron chi connectivity index (χ3n) is 11.0. The van der Waals surface area contributed by atoms with E-state index in [4.69, 9.17) is 18.9 Å². The monoisotopic (exact) mass is 801 g/mol. The van der Waals surface area contributed by atoms with E-state index in [9.17, 15) is 34.8 Å². The van der Waals surface area contributed by atoms with E-state index in [0.717, 1.165) is 38.5 Å². The lowest BCUT2D eigenvalue weighted by molar-refractivity contribution is -0.298. The molecule has 0 aromatic heterocycles. The maximum absolute atomic E-state index is 12.8. The van der Waals surface area contributed by atoms with E-state index in [1.54, 1.807) is 0 Å². The summed E-state index contributed by atoms with van der Waals surface area (Å²) < 4.78 is 21.8. The van der Waals surface area contributed by atoms with Crippen molar-refractivity contribution in [3.63, 3.8) is 0 Å². The van der Waals surface area contributed by atoms with Crippen molar-refractivity contribution in [3.05, 3.63) is 0 Å². The van der Waals surface area contributed by atoms with Crippen LogP contribution in [0.4, 0.5) is 0 Å². The largest absolute Gasteiger partial charge is 0.479 e. The van der Waals surface area contributed by atoms with Crippen LogP contribution in [0.2, 0.25) is 0 Å². The number of hydrogen-bond acceptors (Lipinski definition) is 10. The number of ether oxygens (including phenoxy) is 4. The van der Waals surface area contributed by atoms with Gasteiger partial charge in [0.15, 0.2) is 18.5 Å². The number of unbranched alkanes of at least 4 members (excludes halogenated alkanes) is 28. The molecule has 0 bridgehead atoms. The lowest BCUT2D eigenvalue weighted by atomic mass is 9.99. The minimum absolute atomic E-state index is 0.191. The molecular formula is C45H84O11. The van der Waals surface area contributed by atoms with Crippen LogP contribution in [0.5, 0.6) is 0 Å². The zero-order chi connectivity index (χ0) is 41.1. The number of esters is 2. The third-order valence-corrected chi connectivity index (χ3v) is 11.0. The average Bonchev–Trinajstić information content (AvgIpc) is 3.18. The Morgan fingerprint density at radius 2 is 0.839 bits per heavy atom. The standard InChI is InChI=1S/C45H84O11/c1-3-5-7-9-11-13-15-17-19-20-22-23-25-27-29-31-33-38(46)53-35-37(36-54-45-42(50)40(48)41(49)43(56-45)44(51)52)55-39(47)34-32-30-28-26-24-21-18-16-14-12-10-8-6-4-2/h37,40-43,45,48-50H,3-36H2,1-2H3,(H,51,52). The van der Waals surface area contributed by atoms with E-state index in [1.807, 2.05) is 0 Å². The number of aliphatic hydroxyl groups excluding tert-OH is 3. The fourth-order valence-corrected chi connectivity index (χ4v) is 7.29. The molecule has 11 heteroatoms. The molecule has 6 unspecified atom stereocenters. The number of rotatable bonds is 39. The summed E-state index contributed by atoms with van der Waals surface area (Å²) in [5.41, 5.74) is 0. The van der Waals surface area contributed by atoms with Crippen LogP contribution in [-0.4, -0.2) is 88.4 Å². The Hall–Kier alpha value is -1.79. The number of aliphatic carboxylic acids is 1. The van der Waals surface area contributed by atoms with Crippen molar-refractivity contribution < 1.29 is 53.8 Å². The summed E-state index contributed by atoms with van der Waals surface area (Å²) in [6.07, 6.45) is 27.2. The zero-order valence-electron chi connectivity index (χ0n) is 35.7. The minimum Gasteiger partial charge on any atom is -0.479 e. The highest BCUT2D eigenvalue weighted by Crippen LogP contribution is 2.23. The Labute approximate surface area is 340 Å². The number of carbonyl (C=O) groups excluding carboxylic acids is 2. The van der Waals surface area contributed by atoms with Gasteiger partial charge in [0, 0.05) is 12.8 Å². The molecule has 0 saturated carbocycles. The molecule has 0 amide bonds. The van der Waals surface area contributed by atoms with Crippen LogP contribution in [0.3, 0.4) is 0 Å². The Balaban J connectivity index is 2.34. The maximum atomic E-state index is 12.8. The molecule has 0 aromatic rings. The first-order valence-electron chi connectivity index (χ1n) is 23.1. The second kappa shape index (κ2) is 36.3. The number of hydrogen-bond donors (Lipinski definition) is 4. The highest BCUT2D eigenvalue weighted by molar-refractivity contribution is 5.73. The lowest BCUT2D eigenvalue weighted by Crippen LogP contribution is -2.60. The zero-order valence-corrected chi connectivity index (χ0v) is 35.7. The molecule has 0 aromatic carbocycles. The predicted molar refractivity (Wildman–Crippen MR) is 220 cm³/mol. The predicted octanol–water partition coefficient (Wildman–Crippen LogP) is 9.87. The fraction of sp³-hybridized carbons (Fsp3) is 0.933. The molecule has 1 aliphatic rings. The Morgan fingerprint density at radius 3 is 1.21 bits per heavy atom. The van der Waals surface area contributed by atoms with Gasteiger partial charge in [-0.3, -0.25) is 9.59 Å². The smallest absolute Gasteiger partial charge is 0.335 e. The van der Waals surface area contributed by atoms with Gasteiger partial charge in [0.05, 0.1) is 6.61 Å². The first-order valence-corrected chi connectivity index (χ1v) is 23.1. The molecule has 1 rings (SSSR count). The summed E-state index contributed by atoms with van der Waals surface area (Å²) in [5, 5.41) is 39.8. The number of aliphatic hydroxyl groups is 3. The van der Waals surface area contributed by atoms with Crippen LogP contribution in [0.15, 0.2) is 0 Å². The molecule has 1 aliphatic heterocycles. The molecule has 56 heavy (non-hydrogen) atoms. The SMILES string of the molecule is CCCCCCCCCCCCCCCCCCC(=O)OCC(COC1OC(C(=O)O)C(O)C(O)C1O)OC(=O)CCCCCCCCCCCCCCCC. The molecule has 1 heterocycles. The molecular weight excluding hydrogens is 716 g/mol. The minimum atomic E-state index is -1.86. The van der Waals surface area contributed by atoms with Gasteiger partial charge in [0.2, 0.25) is 0 Å². The Kier molecular flexibility index (Phi) is 33.9. The Morgan fingerprint density at radius 1 is 0.482 bits per heavy atom. The third kappa shape index (κ3) is 27.8. The molecule has 1 saturated heterocycles. The first-order chi connectivity index (χ1) is 27.2. The van der Waals surface area contributed by atoms with Crippen molar-refractivity contribution in [3.8, 4) is 0 Å². The van der Waals surface area contributed by atoms with Gasteiger partial charge >= 0.3 is 17.9 Å². The molecule has 0 spiro atoms. The summed E-state index contributed by atoms with van der Waals surface area (Å²) in [5.74, 6) is -2.42. The van der Waals surface area contributed by atoms with Crippen molar-refractivity contribution in [2.75, 3.05) is 13.2 Å². The Bertz CT molecular complexity index is 947. The van der Waals surface area contributed by atoms with E-state index in [-0.39, 0.29) is 26.1 Å². The normalized spacial score (nSPS) is 20.2. The van der Waals surface area contributed by atoms with Gasteiger partial charge < -0.3 is 39.4 Å². The van der Waals surface area contributed by atoms with Gasteiger partial charge in [-0.15, -0.1) is 0 Å². The van der Waals surface area contributed by atoms with Gasteiger partial charge in [-0.1, -0.05) is 194 Å². The highest BCUT2D eigenvalue weighted by Gasteiger charge is 2.47. The van der Waals surface area contributed by atoms with Gasteiger partial charge in [-0.2, -0.15) is 0 Å². The van der Waals surface area contributed by atoms with Crippen LogP contribution >= 0.6 is 0 Å². The maximum Gasteiger partial charge on any atom is 0.335 e. The van der Waals surface area contributed by atoms with E-state index in [0.29, 0.717) is 12.8 Å². The topological polar surface area (TPSA) is 169 Å². The first kappa shape index (κ1) is 52.2. The second-order valence-electron chi connectivity index (χ2n) is 16.3. The van der Waals surface area contributed by atoms with Crippen molar-refractivity contribution in [2.45, 2.75) is 256 Å². The summed E-state index contributed by atoms with van der Waals surface area (Å²) in [7, 11) is 0. The summed E-state index contributed by atoms with van der Waals surface area (Å²) >= 11 is 0. The van der Waals surface area contributed by atoms with Gasteiger partial charge in [0.1, 0.15) is 24.9 Å². The molecule has 1 fully saturated rings. The van der Waals surface area contributed by atoms with E-state index >= 15 is 0 Å². The molecule has 0 radical (unpaired) electrons. The quantitative estimate of drug-likeness (QED) is 0.0345. The molecule has 0 aliphatic carbocycles. The number of carboxylic acid groups (broad SMARTS) is 1. The molecule has 4 N–H and O–H groups in total. The average molecular weight is 801 g/mol. The molecule has 11 nitrogen and oxygen atoms in total. The van der Waals surface area contributed by atoms with Gasteiger partial charge in [-0.05, 0) is 12.8 Å². The van der Waals surface area contributed by atoms with Crippen molar-refractivity contribution in [2.24, 2.45) is 0 Å². The highest BCUT2D eigenvalue weighted by atomic mass is 16.7. The fourth-order valence-electron chi connectivity index (χ4n) is 7.29. The van der Waals surface area contributed by atoms with Crippen LogP contribution in [0, 0.1) is 0 Å². The van der Waals surface area contributed by atoms with E-state index in [1.165, 1.54) is 141 Å². The van der Waals surface area contributed by atoms with Crippen molar-refractivity contribution in [1.82, 2.24) is 0 Å². The van der Waals surface area contributed by atoms with E-state index in [2.05, 4.69) is 13.8 Å². The summed E-state index contributed by atoms with van der Waals surface area (Å²) in [6, 6.07) is 0. The second-order valence-corrected chi connectivity index (χ2v) is 16.3. The van der Waals surface area contributed by atoms with E-state index < -0.39 is 54.7 Å². The van der Waals surface area contributed by atoms with Crippen LogP contribution in [0.25, 0.3) is 0 Å². The van der Waals surface area contributed by atoms with Crippen molar-refractivity contribution >= 4 is 17.9 Å². The van der Waals surface area contributed by atoms with Crippen LogP contribution in [0.1, 0.15) is 219 Å². The lowest BCUT2D eigenvalue weighted by Gasteiger charge is -2.38. The number of carboxylic acids is 1. The number of carbonyl (C=O) groups is 3. The van der Waals surface area contributed by atoms with Gasteiger partial charge in [0.25, 0.3) is 0 Å². The van der Waals surface area contributed by atoms with Crippen LogP contribution in [-0.2, 0) is 33.3 Å². The molecule has 6 atom stereocenters.